The molecule has 3 nitrogen and oxygen atoms in total. The number of carbonyl (C=O) groups is 2. The zero-order chi connectivity index (χ0) is 17.7. The standard InChI is InChI=1S/C18H16ClF2NO2/c1-11(15-7-6-14(20)10-16(15)21)22-18(24)9-8-17(23)12-2-4-13(19)5-3-12/h2-7,10-11H,8-9H2,1H3,(H,22,24). The zero-order valence-corrected chi connectivity index (χ0v) is 13.7. The highest BCUT2D eigenvalue weighted by molar-refractivity contribution is 6.30. The molecule has 2 aromatic carbocycles. The summed E-state index contributed by atoms with van der Waals surface area (Å²) in [6, 6.07) is 8.96. The highest BCUT2D eigenvalue weighted by Gasteiger charge is 2.15. The lowest BCUT2D eigenvalue weighted by Gasteiger charge is -2.15. The summed E-state index contributed by atoms with van der Waals surface area (Å²) in [6.07, 6.45) is 0.0146. The van der Waals surface area contributed by atoms with Crippen LogP contribution < -0.4 is 5.32 Å². The lowest BCUT2D eigenvalue weighted by atomic mass is 10.1. The first-order chi connectivity index (χ1) is 11.4. The van der Waals surface area contributed by atoms with Gasteiger partial charge in [-0.1, -0.05) is 17.7 Å². The van der Waals surface area contributed by atoms with E-state index in [-0.39, 0.29) is 30.1 Å². The smallest absolute Gasteiger partial charge is 0.220 e. The molecule has 0 spiro atoms. The molecule has 0 bridgehead atoms. The average Bonchev–Trinajstić information content (AvgIpc) is 2.53. The van der Waals surface area contributed by atoms with Crippen LogP contribution in [0.1, 0.15) is 41.7 Å². The van der Waals surface area contributed by atoms with Gasteiger partial charge in [0.2, 0.25) is 5.91 Å². The Bertz CT molecular complexity index is 747. The van der Waals surface area contributed by atoms with Gasteiger partial charge in [0, 0.05) is 35.1 Å². The summed E-state index contributed by atoms with van der Waals surface area (Å²) >= 11 is 5.75. The van der Waals surface area contributed by atoms with Gasteiger partial charge in [0.1, 0.15) is 11.6 Å². The second-order valence-corrected chi connectivity index (χ2v) is 5.82. The van der Waals surface area contributed by atoms with Crippen LogP contribution in [0.15, 0.2) is 42.5 Å². The lowest BCUT2D eigenvalue weighted by Crippen LogP contribution is -2.27. The van der Waals surface area contributed by atoms with Crippen LogP contribution >= 0.6 is 11.6 Å². The molecule has 0 heterocycles. The number of Topliss-reactive ketones (excluding diaryl/α,β-unsaturated/α-hetero) is 1. The van der Waals surface area contributed by atoms with Gasteiger partial charge < -0.3 is 5.32 Å². The first-order valence-corrected chi connectivity index (χ1v) is 7.77. The van der Waals surface area contributed by atoms with E-state index in [4.69, 9.17) is 11.6 Å². The summed E-state index contributed by atoms with van der Waals surface area (Å²) in [7, 11) is 0. The van der Waals surface area contributed by atoms with Crippen LogP contribution in [-0.2, 0) is 4.79 Å². The molecular formula is C18H16ClF2NO2. The fraction of sp³-hybridized carbons (Fsp3) is 0.222. The van der Waals surface area contributed by atoms with Crippen LogP contribution in [0.25, 0.3) is 0 Å². The van der Waals surface area contributed by atoms with E-state index in [1.165, 1.54) is 6.07 Å². The molecule has 0 saturated heterocycles. The van der Waals surface area contributed by atoms with E-state index in [1.54, 1.807) is 31.2 Å². The Morgan fingerprint density at radius 3 is 2.38 bits per heavy atom. The molecule has 0 radical (unpaired) electrons. The molecule has 2 aromatic rings. The van der Waals surface area contributed by atoms with Gasteiger partial charge >= 0.3 is 0 Å². The first-order valence-electron chi connectivity index (χ1n) is 7.40. The first kappa shape index (κ1) is 18.1. The molecule has 2 rings (SSSR count). The van der Waals surface area contributed by atoms with Crippen LogP contribution in [-0.4, -0.2) is 11.7 Å². The predicted molar refractivity (Wildman–Crippen MR) is 87.9 cm³/mol. The van der Waals surface area contributed by atoms with Crippen molar-refractivity contribution in [2.24, 2.45) is 0 Å². The van der Waals surface area contributed by atoms with Gasteiger partial charge in [-0.25, -0.2) is 8.78 Å². The molecule has 126 valence electrons. The Hall–Kier alpha value is -2.27. The minimum Gasteiger partial charge on any atom is -0.349 e. The van der Waals surface area contributed by atoms with E-state index in [2.05, 4.69) is 5.32 Å². The third kappa shape index (κ3) is 4.86. The minimum absolute atomic E-state index is 0.0192. The van der Waals surface area contributed by atoms with Gasteiger partial charge in [-0.15, -0.1) is 0 Å². The number of amides is 1. The highest BCUT2D eigenvalue weighted by atomic mass is 35.5. The Kier molecular flexibility index (Phi) is 6.04. The molecule has 0 fully saturated rings. The third-order valence-corrected chi connectivity index (χ3v) is 3.80. The predicted octanol–water partition coefficient (Wildman–Crippen LogP) is 4.46. The van der Waals surface area contributed by atoms with Crippen molar-refractivity contribution in [1.82, 2.24) is 5.32 Å². The van der Waals surface area contributed by atoms with E-state index >= 15 is 0 Å². The SMILES string of the molecule is CC(NC(=O)CCC(=O)c1ccc(Cl)cc1)c1ccc(F)cc1F. The normalized spacial score (nSPS) is 11.8. The average molecular weight is 352 g/mol. The maximum Gasteiger partial charge on any atom is 0.220 e. The summed E-state index contributed by atoms with van der Waals surface area (Å²) in [5.74, 6) is -1.96. The van der Waals surface area contributed by atoms with E-state index in [0.29, 0.717) is 10.6 Å². The molecule has 1 N–H and O–H groups in total. The highest BCUT2D eigenvalue weighted by Crippen LogP contribution is 2.18. The fourth-order valence-corrected chi connectivity index (χ4v) is 2.38. The molecule has 1 atom stereocenters. The van der Waals surface area contributed by atoms with Crippen molar-refractivity contribution in [3.63, 3.8) is 0 Å². The van der Waals surface area contributed by atoms with Crippen molar-refractivity contribution in [1.29, 1.82) is 0 Å². The zero-order valence-electron chi connectivity index (χ0n) is 13.0. The van der Waals surface area contributed by atoms with E-state index in [1.807, 2.05) is 0 Å². The summed E-state index contributed by atoms with van der Waals surface area (Å²) in [5, 5.41) is 3.12. The van der Waals surface area contributed by atoms with Gasteiger partial charge in [-0.3, -0.25) is 9.59 Å². The third-order valence-electron chi connectivity index (χ3n) is 3.55. The largest absolute Gasteiger partial charge is 0.349 e. The summed E-state index contributed by atoms with van der Waals surface area (Å²) in [4.78, 5) is 23.9. The number of nitrogens with one attached hydrogen (secondary N) is 1. The molecule has 1 amide bonds. The Morgan fingerprint density at radius 1 is 1.08 bits per heavy atom. The van der Waals surface area contributed by atoms with Crippen LogP contribution in [0.4, 0.5) is 8.78 Å². The van der Waals surface area contributed by atoms with Crippen molar-refractivity contribution in [2.75, 3.05) is 0 Å². The van der Waals surface area contributed by atoms with Gasteiger partial charge in [-0.05, 0) is 37.3 Å². The van der Waals surface area contributed by atoms with Crippen molar-refractivity contribution in [3.05, 3.63) is 70.2 Å². The number of hydrogen-bond donors (Lipinski definition) is 1. The second-order valence-electron chi connectivity index (χ2n) is 5.39. The summed E-state index contributed by atoms with van der Waals surface area (Å²) in [5.41, 5.74) is 0.665. The maximum absolute atomic E-state index is 13.7. The Balaban J connectivity index is 1.88. The topological polar surface area (TPSA) is 46.2 Å². The van der Waals surface area contributed by atoms with Gasteiger partial charge in [-0.2, -0.15) is 0 Å². The minimum atomic E-state index is -0.722. The molecule has 0 aromatic heterocycles. The summed E-state index contributed by atoms with van der Waals surface area (Å²) in [6.45, 7) is 1.59. The molecule has 0 aliphatic heterocycles. The number of halogens is 3. The lowest BCUT2D eigenvalue weighted by molar-refractivity contribution is -0.121. The van der Waals surface area contributed by atoms with E-state index in [0.717, 1.165) is 12.1 Å². The van der Waals surface area contributed by atoms with E-state index < -0.39 is 17.7 Å². The van der Waals surface area contributed by atoms with Gasteiger partial charge in [0.05, 0.1) is 6.04 Å². The molecule has 24 heavy (non-hydrogen) atoms. The summed E-state index contributed by atoms with van der Waals surface area (Å²) < 4.78 is 26.6. The maximum atomic E-state index is 13.7. The number of benzene rings is 2. The number of rotatable bonds is 6. The molecular weight excluding hydrogens is 336 g/mol. The van der Waals surface area contributed by atoms with Gasteiger partial charge in [0.25, 0.3) is 0 Å². The van der Waals surface area contributed by atoms with Crippen molar-refractivity contribution in [2.45, 2.75) is 25.8 Å². The number of hydrogen-bond acceptors (Lipinski definition) is 2. The quantitative estimate of drug-likeness (QED) is 0.781. The van der Waals surface area contributed by atoms with Crippen molar-refractivity contribution < 1.29 is 18.4 Å². The van der Waals surface area contributed by atoms with Crippen molar-refractivity contribution >= 4 is 23.3 Å². The second kappa shape index (κ2) is 8.02. The van der Waals surface area contributed by atoms with E-state index in [9.17, 15) is 18.4 Å². The molecule has 0 saturated carbocycles. The van der Waals surface area contributed by atoms with Crippen LogP contribution in [0.3, 0.4) is 0 Å². The van der Waals surface area contributed by atoms with Crippen LogP contribution in [0.2, 0.25) is 5.02 Å². The Morgan fingerprint density at radius 2 is 1.75 bits per heavy atom. The molecule has 1 unspecified atom stereocenters. The number of ketones is 1. The molecule has 6 heteroatoms. The van der Waals surface area contributed by atoms with Crippen LogP contribution in [0, 0.1) is 11.6 Å². The number of carbonyl (C=O) groups excluding carboxylic acids is 2. The van der Waals surface area contributed by atoms with Crippen molar-refractivity contribution in [3.8, 4) is 0 Å². The Labute approximate surface area is 143 Å². The fourth-order valence-electron chi connectivity index (χ4n) is 2.25. The molecule has 0 aliphatic carbocycles. The van der Waals surface area contributed by atoms with Crippen LogP contribution in [0.5, 0.6) is 0 Å². The van der Waals surface area contributed by atoms with Gasteiger partial charge in [0.15, 0.2) is 5.78 Å². The monoisotopic (exact) mass is 351 g/mol. The molecule has 0 aliphatic rings.